The van der Waals surface area contributed by atoms with E-state index >= 15 is 0 Å². The van der Waals surface area contributed by atoms with Crippen molar-refractivity contribution in [2.75, 3.05) is 32.2 Å². The van der Waals surface area contributed by atoms with Crippen molar-refractivity contribution < 1.29 is 14.3 Å². The number of ether oxygens (including phenoxy) is 2. The van der Waals surface area contributed by atoms with Gasteiger partial charge in [-0.05, 0) is 19.4 Å². The Morgan fingerprint density at radius 3 is 3.06 bits per heavy atom. The molecule has 0 bridgehead atoms. The summed E-state index contributed by atoms with van der Waals surface area (Å²) in [5.74, 6) is 0.177. The number of nitrogens with one attached hydrogen (secondary N) is 1. The Kier molecular flexibility index (Phi) is 5.95. The number of aromatic nitrogens is 2. The fourth-order valence-corrected chi connectivity index (χ4v) is 1.18. The second-order valence-electron chi connectivity index (χ2n) is 3.26. The van der Waals surface area contributed by atoms with Crippen LogP contribution in [0.2, 0.25) is 0 Å². The van der Waals surface area contributed by atoms with E-state index < -0.39 is 5.97 Å². The minimum atomic E-state index is -0.506. The Balaban J connectivity index is 2.50. The van der Waals surface area contributed by atoms with Crippen LogP contribution in [0.1, 0.15) is 24.0 Å². The standard InChI is InChI=1S/C11H17N3O3/c1-3-17-11(15)10-13-7-5-9(14-10)12-6-4-8-16-2/h5,7H,3-4,6,8H2,1-2H3,(H,12,13,14). The maximum atomic E-state index is 11.4. The summed E-state index contributed by atoms with van der Waals surface area (Å²) in [7, 11) is 1.66. The Labute approximate surface area is 100 Å². The van der Waals surface area contributed by atoms with E-state index in [1.807, 2.05) is 0 Å². The number of rotatable bonds is 7. The first-order valence-corrected chi connectivity index (χ1v) is 5.51. The maximum absolute atomic E-state index is 11.4. The van der Waals surface area contributed by atoms with Crippen LogP contribution in [0.15, 0.2) is 12.3 Å². The second kappa shape index (κ2) is 7.56. The zero-order valence-corrected chi connectivity index (χ0v) is 10.1. The average Bonchev–Trinajstić information content (AvgIpc) is 2.35. The summed E-state index contributed by atoms with van der Waals surface area (Å²) in [6.45, 7) is 3.47. The quantitative estimate of drug-likeness (QED) is 0.567. The third-order valence-corrected chi connectivity index (χ3v) is 1.94. The van der Waals surface area contributed by atoms with E-state index in [0.717, 1.165) is 13.0 Å². The summed E-state index contributed by atoms with van der Waals surface area (Å²) < 4.78 is 9.74. The number of carbonyl (C=O) groups excluding carboxylic acids is 1. The van der Waals surface area contributed by atoms with Crippen LogP contribution in [0.25, 0.3) is 0 Å². The molecule has 1 aromatic heterocycles. The van der Waals surface area contributed by atoms with Gasteiger partial charge < -0.3 is 14.8 Å². The number of hydrogen-bond acceptors (Lipinski definition) is 6. The minimum Gasteiger partial charge on any atom is -0.460 e. The van der Waals surface area contributed by atoms with Crippen molar-refractivity contribution in [3.8, 4) is 0 Å². The molecule has 0 aliphatic rings. The number of carbonyl (C=O) groups is 1. The lowest BCUT2D eigenvalue weighted by Crippen LogP contribution is -2.12. The van der Waals surface area contributed by atoms with Crippen molar-refractivity contribution in [2.24, 2.45) is 0 Å². The van der Waals surface area contributed by atoms with E-state index in [2.05, 4.69) is 15.3 Å². The van der Waals surface area contributed by atoms with Crippen molar-refractivity contribution >= 4 is 11.8 Å². The predicted octanol–water partition coefficient (Wildman–Crippen LogP) is 1.10. The lowest BCUT2D eigenvalue weighted by Gasteiger charge is -2.06. The van der Waals surface area contributed by atoms with Crippen LogP contribution in [-0.4, -0.2) is 42.8 Å². The van der Waals surface area contributed by atoms with Gasteiger partial charge in [0.1, 0.15) is 5.82 Å². The molecule has 1 heterocycles. The van der Waals surface area contributed by atoms with Gasteiger partial charge in [-0.15, -0.1) is 0 Å². The van der Waals surface area contributed by atoms with E-state index in [4.69, 9.17) is 9.47 Å². The van der Waals surface area contributed by atoms with Crippen LogP contribution in [0, 0.1) is 0 Å². The van der Waals surface area contributed by atoms with E-state index in [9.17, 15) is 4.79 Å². The monoisotopic (exact) mass is 239 g/mol. The van der Waals surface area contributed by atoms with E-state index in [1.54, 1.807) is 20.1 Å². The first-order chi connectivity index (χ1) is 8.27. The molecule has 17 heavy (non-hydrogen) atoms. The molecule has 1 N–H and O–H groups in total. The zero-order valence-electron chi connectivity index (χ0n) is 10.1. The number of esters is 1. The molecule has 0 fully saturated rings. The van der Waals surface area contributed by atoms with Gasteiger partial charge in [0.05, 0.1) is 6.61 Å². The molecule has 94 valence electrons. The molecular formula is C11H17N3O3. The van der Waals surface area contributed by atoms with Crippen molar-refractivity contribution in [2.45, 2.75) is 13.3 Å². The lowest BCUT2D eigenvalue weighted by molar-refractivity contribution is 0.0512. The molecule has 0 spiro atoms. The summed E-state index contributed by atoms with van der Waals surface area (Å²) >= 11 is 0. The molecule has 0 aromatic carbocycles. The van der Waals surface area contributed by atoms with Gasteiger partial charge in [0.15, 0.2) is 0 Å². The summed E-state index contributed by atoms with van der Waals surface area (Å²) in [5, 5.41) is 3.08. The first kappa shape index (κ1) is 13.4. The number of hydrogen-bond donors (Lipinski definition) is 1. The molecule has 1 rings (SSSR count). The third-order valence-electron chi connectivity index (χ3n) is 1.94. The first-order valence-electron chi connectivity index (χ1n) is 5.51. The Morgan fingerprint density at radius 2 is 2.35 bits per heavy atom. The summed E-state index contributed by atoms with van der Waals surface area (Å²) in [6, 6.07) is 1.70. The average molecular weight is 239 g/mol. The Bertz CT molecular complexity index is 358. The fraction of sp³-hybridized carbons (Fsp3) is 0.545. The lowest BCUT2D eigenvalue weighted by atomic mass is 10.4. The topological polar surface area (TPSA) is 73.3 Å². The smallest absolute Gasteiger partial charge is 0.376 e. The molecule has 0 aliphatic heterocycles. The Morgan fingerprint density at radius 1 is 1.53 bits per heavy atom. The van der Waals surface area contributed by atoms with Gasteiger partial charge in [0.25, 0.3) is 0 Å². The van der Waals surface area contributed by atoms with Crippen molar-refractivity contribution in [3.05, 3.63) is 18.1 Å². The summed E-state index contributed by atoms with van der Waals surface area (Å²) in [5.41, 5.74) is 0. The third kappa shape index (κ3) is 4.78. The largest absolute Gasteiger partial charge is 0.460 e. The molecule has 1 aromatic rings. The Hall–Kier alpha value is -1.69. The molecular weight excluding hydrogens is 222 g/mol. The molecule has 0 atom stereocenters. The normalized spacial score (nSPS) is 10.0. The van der Waals surface area contributed by atoms with Crippen LogP contribution >= 0.6 is 0 Å². The van der Waals surface area contributed by atoms with Gasteiger partial charge >= 0.3 is 5.97 Å². The number of nitrogens with zero attached hydrogens (tertiary/aromatic N) is 2. The number of methoxy groups -OCH3 is 1. The minimum absolute atomic E-state index is 0.0728. The SMILES string of the molecule is CCOC(=O)c1nccc(NCCCOC)n1. The van der Waals surface area contributed by atoms with Crippen LogP contribution in [0.3, 0.4) is 0 Å². The van der Waals surface area contributed by atoms with E-state index in [0.29, 0.717) is 19.0 Å². The van der Waals surface area contributed by atoms with Crippen molar-refractivity contribution in [3.63, 3.8) is 0 Å². The van der Waals surface area contributed by atoms with Crippen LogP contribution < -0.4 is 5.32 Å². The summed E-state index contributed by atoms with van der Waals surface area (Å²) in [4.78, 5) is 19.3. The highest BCUT2D eigenvalue weighted by Crippen LogP contribution is 2.03. The predicted molar refractivity (Wildman–Crippen MR) is 63.0 cm³/mol. The highest BCUT2D eigenvalue weighted by atomic mass is 16.5. The van der Waals surface area contributed by atoms with E-state index in [-0.39, 0.29) is 5.82 Å². The molecule has 0 aliphatic carbocycles. The van der Waals surface area contributed by atoms with E-state index in [1.165, 1.54) is 6.20 Å². The molecule has 0 amide bonds. The van der Waals surface area contributed by atoms with Crippen molar-refractivity contribution in [1.82, 2.24) is 9.97 Å². The zero-order chi connectivity index (χ0) is 12.5. The molecule has 0 unspecified atom stereocenters. The number of anilines is 1. The highest BCUT2D eigenvalue weighted by Gasteiger charge is 2.10. The molecule has 0 radical (unpaired) electrons. The van der Waals surface area contributed by atoms with Crippen molar-refractivity contribution in [1.29, 1.82) is 0 Å². The highest BCUT2D eigenvalue weighted by molar-refractivity contribution is 5.85. The maximum Gasteiger partial charge on any atom is 0.376 e. The molecule has 0 saturated carbocycles. The van der Waals surface area contributed by atoms with Crippen LogP contribution in [-0.2, 0) is 9.47 Å². The van der Waals surface area contributed by atoms with Gasteiger partial charge in [0, 0.05) is 26.5 Å². The van der Waals surface area contributed by atoms with Gasteiger partial charge in [-0.2, -0.15) is 0 Å². The molecule has 6 nitrogen and oxygen atoms in total. The van der Waals surface area contributed by atoms with Gasteiger partial charge in [-0.3, -0.25) is 0 Å². The van der Waals surface area contributed by atoms with Gasteiger partial charge in [0.2, 0.25) is 5.82 Å². The van der Waals surface area contributed by atoms with Crippen LogP contribution in [0.4, 0.5) is 5.82 Å². The van der Waals surface area contributed by atoms with Crippen LogP contribution in [0.5, 0.6) is 0 Å². The van der Waals surface area contributed by atoms with Gasteiger partial charge in [-0.25, -0.2) is 14.8 Å². The second-order valence-corrected chi connectivity index (χ2v) is 3.26. The molecule has 6 heteroatoms. The van der Waals surface area contributed by atoms with Gasteiger partial charge in [-0.1, -0.05) is 0 Å². The summed E-state index contributed by atoms with van der Waals surface area (Å²) in [6.07, 6.45) is 2.40. The molecule has 0 saturated heterocycles. The fourth-order valence-electron chi connectivity index (χ4n) is 1.18.